The van der Waals surface area contributed by atoms with Crippen LogP contribution in [0.4, 0.5) is 0 Å². The Bertz CT molecular complexity index is 212. The van der Waals surface area contributed by atoms with Gasteiger partial charge in [0.15, 0.2) is 0 Å². The molecule has 0 bridgehead atoms. The van der Waals surface area contributed by atoms with Crippen molar-refractivity contribution in [2.45, 2.75) is 20.3 Å². The Morgan fingerprint density at radius 3 is 2.35 bits per heavy atom. The van der Waals surface area contributed by atoms with E-state index in [0.29, 0.717) is 5.91 Å². The molecule has 7 nitrogen and oxygen atoms in total. The molecule has 1 aliphatic rings. The molecule has 0 aromatic rings. The Morgan fingerprint density at radius 2 is 2.00 bits per heavy atom. The van der Waals surface area contributed by atoms with E-state index in [4.69, 9.17) is 10.1 Å². The second-order valence-corrected chi connectivity index (χ2v) is 3.57. The molecule has 1 atom stereocenters. The summed E-state index contributed by atoms with van der Waals surface area (Å²) in [6.45, 7) is 7.71. The van der Waals surface area contributed by atoms with E-state index in [0.717, 1.165) is 38.2 Å². The molecule has 1 fully saturated rings. The summed E-state index contributed by atoms with van der Waals surface area (Å²) in [6, 6.07) is 0. The molecule has 17 heavy (non-hydrogen) atoms. The number of amides is 1. The van der Waals surface area contributed by atoms with Crippen LogP contribution in [0, 0.1) is 16.0 Å². The van der Waals surface area contributed by atoms with Crippen molar-refractivity contribution in [3.63, 3.8) is 0 Å². The van der Waals surface area contributed by atoms with E-state index >= 15 is 0 Å². The van der Waals surface area contributed by atoms with E-state index in [1.54, 1.807) is 5.29 Å². The van der Waals surface area contributed by atoms with Gasteiger partial charge in [-0.15, -0.1) is 4.91 Å². The van der Waals surface area contributed by atoms with E-state index in [1.165, 1.54) is 0 Å². The molecule has 1 rings (SSSR count). The minimum atomic E-state index is 0. The summed E-state index contributed by atoms with van der Waals surface area (Å²) < 4.78 is 0. The zero-order chi connectivity index (χ0) is 12.4. The number of hydrogen-bond acceptors (Lipinski definition) is 5. The number of nitroso groups, excluding NO2 is 1. The standard InChI is InChI=1S/C9H18N2O.HN2O2.Na/c1-3-8(2)9(12)11-6-4-10-5-7-11;3-1-2-4;/h8,10H,3-7H2,1-2H3;(H-,1,2,3,4);/q;-1;+1. The molecule has 0 spiro atoms. The maximum Gasteiger partial charge on any atom is 1.00 e. The molecule has 0 aliphatic carbocycles. The van der Waals surface area contributed by atoms with E-state index in [2.05, 4.69) is 12.2 Å². The second kappa shape index (κ2) is 12.3. The van der Waals surface area contributed by atoms with Gasteiger partial charge in [-0.2, -0.15) is 0 Å². The Hall–Kier alpha value is -0.210. The van der Waals surface area contributed by atoms with Crippen molar-refractivity contribution in [2.75, 3.05) is 26.2 Å². The summed E-state index contributed by atoms with van der Waals surface area (Å²) in [5, 5.41) is 13.5. The van der Waals surface area contributed by atoms with Crippen LogP contribution in [-0.2, 0) is 4.79 Å². The zero-order valence-corrected chi connectivity index (χ0v) is 12.7. The molecule has 1 aliphatic heterocycles. The maximum atomic E-state index is 11.6. The topological polar surface area (TPSA) is 96.9 Å². The van der Waals surface area contributed by atoms with Gasteiger partial charge >= 0.3 is 29.6 Å². The number of rotatable bonds is 3. The van der Waals surface area contributed by atoms with Gasteiger partial charge in [0.25, 0.3) is 0 Å². The van der Waals surface area contributed by atoms with Gasteiger partial charge in [0.2, 0.25) is 5.91 Å². The monoisotopic (exact) mass is 254 g/mol. The van der Waals surface area contributed by atoms with Gasteiger partial charge in [0.1, 0.15) is 0 Å². The SMILES string of the molecule is CCC(C)C(=O)N1CCNCC1.O=NN[O-].[Na+]. The van der Waals surface area contributed by atoms with Crippen LogP contribution in [0.5, 0.6) is 0 Å². The molecule has 94 valence electrons. The molecule has 1 amide bonds. The third-order valence-corrected chi connectivity index (χ3v) is 2.50. The van der Waals surface area contributed by atoms with E-state index < -0.39 is 0 Å². The van der Waals surface area contributed by atoms with Crippen molar-refractivity contribution in [1.82, 2.24) is 15.8 Å². The summed E-state index contributed by atoms with van der Waals surface area (Å²) in [5.74, 6) is 0.516. The van der Waals surface area contributed by atoms with Crippen molar-refractivity contribution in [1.29, 1.82) is 0 Å². The van der Waals surface area contributed by atoms with Gasteiger partial charge < -0.3 is 21.0 Å². The van der Waals surface area contributed by atoms with Crippen molar-refractivity contribution >= 4 is 5.91 Å². The maximum absolute atomic E-state index is 11.6. The smallest absolute Gasteiger partial charge is 0.742 e. The molecule has 0 radical (unpaired) electrons. The van der Waals surface area contributed by atoms with Crippen LogP contribution < -0.4 is 40.5 Å². The zero-order valence-electron chi connectivity index (χ0n) is 10.7. The van der Waals surface area contributed by atoms with Crippen LogP contribution in [0.2, 0.25) is 0 Å². The van der Waals surface area contributed by atoms with Crippen molar-refractivity contribution < 1.29 is 34.4 Å². The van der Waals surface area contributed by atoms with Crippen LogP contribution in [0.3, 0.4) is 0 Å². The van der Waals surface area contributed by atoms with Gasteiger partial charge in [-0.05, 0) is 6.42 Å². The number of nitrogens with one attached hydrogen (secondary N) is 2. The van der Waals surface area contributed by atoms with Gasteiger partial charge in [0, 0.05) is 37.4 Å². The largest absolute Gasteiger partial charge is 1.00 e. The molecule has 0 aromatic heterocycles. The molecule has 1 unspecified atom stereocenters. The first-order chi connectivity index (χ1) is 7.67. The van der Waals surface area contributed by atoms with Gasteiger partial charge in [-0.1, -0.05) is 13.8 Å². The Morgan fingerprint density at radius 1 is 1.53 bits per heavy atom. The molecule has 2 N–H and O–H groups in total. The fourth-order valence-corrected chi connectivity index (χ4v) is 1.37. The predicted octanol–water partition coefficient (Wildman–Crippen LogP) is -2.78. The first kappa shape index (κ1) is 19.1. The molecule has 0 aromatic carbocycles. The summed E-state index contributed by atoms with van der Waals surface area (Å²) >= 11 is 0. The van der Waals surface area contributed by atoms with Crippen LogP contribution in [0.25, 0.3) is 0 Å². The number of carbonyl (C=O) groups excluding carboxylic acids is 1. The summed E-state index contributed by atoms with van der Waals surface area (Å²) in [5.41, 5.74) is 0.750. The number of hydrogen-bond donors (Lipinski definition) is 2. The molecule has 1 heterocycles. The quantitative estimate of drug-likeness (QED) is 0.323. The summed E-state index contributed by atoms with van der Waals surface area (Å²) in [7, 11) is 0. The summed E-state index contributed by atoms with van der Waals surface area (Å²) in [4.78, 5) is 22.1. The first-order valence-electron chi connectivity index (χ1n) is 5.36. The molecule has 8 heteroatoms. The van der Waals surface area contributed by atoms with Crippen molar-refractivity contribution in [3.8, 4) is 0 Å². The Labute approximate surface area is 124 Å². The predicted molar refractivity (Wildman–Crippen MR) is 61.2 cm³/mol. The van der Waals surface area contributed by atoms with Crippen molar-refractivity contribution in [2.24, 2.45) is 11.2 Å². The van der Waals surface area contributed by atoms with Crippen LogP contribution in [0.1, 0.15) is 20.3 Å². The Kier molecular flexibility index (Phi) is 13.8. The Balaban J connectivity index is 0. The van der Waals surface area contributed by atoms with Gasteiger partial charge in [-0.25, -0.2) is 0 Å². The number of carbonyl (C=O) groups is 1. The van der Waals surface area contributed by atoms with Crippen LogP contribution in [-0.4, -0.2) is 37.0 Å². The van der Waals surface area contributed by atoms with E-state index in [1.807, 2.05) is 11.8 Å². The average molecular weight is 254 g/mol. The second-order valence-electron chi connectivity index (χ2n) is 3.57. The average Bonchev–Trinajstić information content (AvgIpc) is 2.38. The van der Waals surface area contributed by atoms with Crippen LogP contribution in [0.15, 0.2) is 5.29 Å². The molecular formula is C9H19N4NaO3. The number of piperazine rings is 1. The molecular weight excluding hydrogens is 235 g/mol. The van der Waals surface area contributed by atoms with Gasteiger partial charge in [0.05, 0.1) is 0 Å². The van der Waals surface area contributed by atoms with E-state index in [9.17, 15) is 4.79 Å². The fourth-order valence-electron chi connectivity index (χ4n) is 1.37. The fraction of sp³-hybridized carbons (Fsp3) is 0.889. The first-order valence-corrected chi connectivity index (χ1v) is 5.36. The normalized spacial score (nSPS) is 15.8. The minimum absolute atomic E-state index is 0. The number of nitrogens with zero attached hydrogens (tertiary/aromatic N) is 2. The molecule has 0 saturated carbocycles. The van der Waals surface area contributed by atoms with Crippen molar-refractivity contribution in [3.05, 3.63) is 10.1 Å². The van der Waals surface area contributed by atoms with Crippen LogP contribution >= 0.6 is 0 Å². The summed E-state index contributed by atoms with van der Waals surface area (Å²) in [6.07, 6.45) is 0.947. The third kappa shape index (κ3) is 8.50. The third-order valence-electron chi connectivity index (χ3n) is 2.50. The van der Waals surface area contributed by atoms with Gasteiger partial charge in [-0.3, -0.25) is 4.79 Å². The molecule has 1 saturated heterocycles. The van der Waals surface area contributed by atoms with E-state index in [-0.39, 0.29) is 35.5 Å². The minimum Gasteiger partial charge on any atom is -0.742 e.